The molecule has 4 atom stereocenters. The average molecular weight is 843 g/mol. The highest BCUT2D eigenvalue weighted by atomic mass is 19.4. The Morgan fingerprint density at radius 3 is 1.86 bits per heavy atom. The third-order valence-electron chi connectivity index (χ3n) is 8.28. The van der Waals surface area contributed by atoms with Crippen molar-refractivity contribution in [3.8, 4) is 0 Å². The highest BCUT2D eigenvalue weighted by Crippen LogP contribution is 2.22. The second-order valence-electron chi connectivity index (χ2n) is 14.3. The standard InChI is InChI=1S/C35H52N8O9.C2HF3O2/c1-18(2)14-26(43-33(49)24(8-6-7-13-36)42-35(51)31(19(3)4)39-20(5)44)34(50)41-25(11-12-28(37)45)32(48)40-22-9-10-23-21(15-29(38)46)16-30(47)52-27(23)17-22;3-2(4,5)1(6)7/h9-10,16-19,24-26,31H,6-8,11-15,36H2,1-5H3,(H2,37,45)(H2,38,46)(H,39,44)(H,40,48)(H,41,50)(H,42,51)(H,43,49);(H,6,7)/t24-,25-,26-,31-;/m0./s1. The number of unbranched alkanes of at least 4 members (excludes halogenated alkanes) is 1. The molecule has 328 valence electrons. The maximum Gasteiger partial charge on any atom is 0.430 e. The van der Waals surface area contributed by atoms with Crippen LogP contribution in [0.2, 0.25) is 0 Å². The quantitative estimate of drug-likeness (QED) is 0.0523. The van der Waals surface area contributed by atoms with Crippen molar-refractivity contribution in [1.82, 2.24) is 21.3 Å². The molecule has 12 N–H and O–H groups in total. The number of amides is 7. The summed E-state index contributed by atoms with van der Waals surface area (Å²) in [7, 11) is 0. The van der Waals surface area contributed by atoms with Crippen molar-refractivity contribution in [3.63, 3.8) is 0 Å². The summed E-state index contributed by atoms with van der Waals surface area (Å²) in [5.41, 5.74) is 14.3. The van der Waals surface area contributed by atoms with Crippen molar-refractivity contribution in [2.75, 3.05) is 11.9 Å². The molecule has 0 aliphatic heterocycles. The number of quaternary nitrogens is 1. The zero-order valence-electron chi connectivity index (χ0n) is 33.4. The van der Waals surface area contributed by atoms with Crippen molar-refractivity contribution in [2.45, 2.75) is 110 Å². The number of carbonyl (C=O) groups excluding carboxylic acids is 8. The van der Waals surface area contributed by atoms with Crippen LogP contribution in [-0.4, -0.2) is 84.2 Å². The van der Waals surface area contributed by atoms with Gasteiger partial charge in [0.15, 0.2) is 0 Å². The maximum atomic E-state index is 13.7. The molecule has 0 fully saturated rings. The molecule has 0 saturated carbocycles. The van der Waals surface area contributed by atoms with Gasteiger partial charge in [-0.1, -0.05) is 27.7 Å². The molecule has 1 aromatic carbocycles. The van der Waals surface area contributed by atoms with E-state index in [-0.39, 0.29) is 55.2 Å². The molecule has 1 heterocycles. The molecule has 0 radical (unpaired) electrons. The summed E-state index contributed by atoms with van der Waals surface area (Å²) in [6.07, 6.45) is -4.19. The highest BCUT2D eigenvalue weighted by molar-refractivity contribution is 6.00. The number of carboxylic acids is 1. The molecule has 19 nitrogen and oxygen atoms in total. The number of nitrogens with one attached hydrogen (secondary N) is 5. The third-order valence-corrected chi connectivity index (χ3v) is 8.28. The number of fused-ring (bicyclic) bond motifs is 1. The van der Waals surface area contributed by atoms with Gasteiger partial charge < -0.3 is 58.1 Å². The van der Waals surface area contributed by atoms with E-state index < -0.39 is 83.3 Å². The fraction of sp³-hybridized carbons (Fsp3) is 0.541. The zero-order valence-corrected chi connectivity index (χ0v) is 33.4. The highest BCUT2D eigenvalue weighted by Gasteiger charge is 2.33. The van der Waals surface area contributed by atoms with E-state index in [1.54, 1.807) is 13.8 Å². The number of benzene rings is 1. The van der Waals surface area contributed by atoms with Gasteiger partial charge in [-0.2, -0.15) is 13.2 Å². The lowest BCUT2D eigenvalue weighted by atomic mass is 10.00. The van der Waals surface area contributed by atoms with E-state index in [1.165, 1.54) is 25.1 Å². The number of nitrogens with two attached hydrogens (primary N) is 2. The van der Waals surface area contributed by atoms with Crippen LogP contribution < -0.4 is 54.5 Å². The van der Waals surface area contributed by atoms with Crippen LogP contribution in [0.3, 0.4) is 0 Å². The van der Waals surface area contributed by atoms with Gasteiger partial charge in [0.2, 0.25) is 41.4 Å². The van der Waals surface area contributed by atoms with Gasteiger partial charge in [-0.15, -0.1) is 0 Å². The van der Waals surface area contributed by atoms with Crippen LogP contribution in [0.15, 0.2) is 33.5 Å². The molecular formula is C37H53F3N8O11. The lowest BCUT2D eigenvalue weighted by Gasteiger charge is -2.28. The van der Waals surface area contributed by atoms with Crippen molar-refractivity contribution >= 4 is 64.0 Å². The van der Waals surface area contributed by atoms with Crippen LogP contribution in [0.4, 0.5) is 18.9 Å². The van der Waals surface area contributed by atoms with Gasteiger partial charge in [-0.3, -0.25) is 33.6 Å². The number of hydrogen-bond acceptors (Lipinski definition) is 11. The summed E-state index contributed by atoms with van der Waals surface area (Å²) in [5, 5.41) is 22.5. The normalized spacial score (nSPS) is 13.2. The van der Waals surface area contributed by atoms with Crippen molar-refractivity contribution in [2.24, 2.45) is 23.3 Å². The lowest BCUT2D eigenvalue weighted by Crippen LogP contribution is -2.58. The van der Waals surface area contributed by atoms with Crippen LogP contribution in [0, 0.1) is 11.8 Å². The summed E-state index contributed by atoms with van der Waals surface area (Å²) in [4.78, 5) is 110. The number of carbonyl (C=O) groups is 8. The number of primary amides is 2. The number of anilines is 1. The fourth-order valence-electron chi connectivity index (χ4n) is 5.48. The number of aliphatic carboxylic acids is 1. The first-order valence-corrected chi connectivity index (χ1v) is 18.6. The number of hydrogen-bond donors (Lipinski definition) is 8. The minimum absolute atomic E-state index is 0.0765. The van der Waals surface area contributed by atoms with Gasteiger partial charge in [0, 0.05) is 36.6 Å². The van der Waals surface area contributed by atoms with E-state index in [0.29, 0.717) is 30.3 Å². The lowest BCUT2D eigenvalue weighted by molar-refractivity contribution is -0.368. The largest absolute Gasteiger partial charge is 0.542 e. The molecule has 0 unspecified atom stereocenters. The maximum absolute atomic E-state index is 13.7. The molecule has 22 heteroatoms. The fourth-order valence-corrected chi connectivity index (χ4v) is 5.48. The van der Waals surface area contributed by atoms with Gasteiger partial charge in [0.1, 0.15) is 35.7 Å². The molecule has 7 amide bonds. The molecule has 0 spiro atoms. The number of halogens is 3. The first-order valence-electron chi connectivity index (χ1n) is 18.6. The zero-order chi connectivity index (χ0) is 45.2. The summed E-state index contributed by atoms with van der Waals surface area (Å²) >= 11 is 0. The molecule has 0 aliphatic carbocycles. The van der Waals surface area contributed by atoms with E-state index in [2.05, 4.69) is 32.3 Å². The van der Waals surface area contributed by atoms with E-state index in [9.17, 15) is 51.5 Å². The number of alkyl halides is 3. The Morgan fingerprint density at radius 2 is 1.36 bits per heavy atom. The molecule has 2 aromatic rings. The Hall–Kier alpha value is -6.06. The van der Waals surface area contributed by atoms with Gasteiger partial charge >= 0.3 is 11.8 Å². The van der Waals surface area contributed by atoms with Gasteiger partial charge in [-0.05, 0) is 61.6 Å². The summed E-state index contributed by atoms with van der Waals surface area (Å²) in [6, 6.07) is 1.19. The Balaban J connectivity index is 0.00000227. The Bertz CT molecular complexity index is 1890. The van der Waals surface area contributed by atoms with E-state index in [1.807, 2.05) is 13.8 Å². The molecule has 0 saturated heterocycles. The van der Waals surface area contributed by atoms with Crippen molar-refractivity contribution in [1.29, 1.82) is 0 Å². The second-order valence-corrected chi connectivity index (χ2v) is 14.3. The van der Waals surface area contributed by atoms with Crippen LogP contribution in [-0.2, 0) is 44.8 Å². The van der Waals surface area contributed by atoms with Crippen LogP contribution >= 0.6 is 0 Å². The van der Waals surface area contributed by atoms with Gasteiger partial charge in [0.25, 0.3) is 0 Å². The first kappa shape index (κ1) is 51.0. The number of carboxylic acid groups (broad SMARTS) is 1. The molecule has 0 aliphatic rings. The smallest absolute Gasteiger partial charge is 0.430 e. The van der Waals surface area contributed by atoms with Crippen LogP contribution in [0.5, 0.6) is 0 Å². The minimum Gasteiger partial charge on any atom is -0.542 e. The third kappa shape index (κ3) is 18.8. The predicted octanol–water partition coefficient (Wildman–Crippen LogP) is -1.60. The van der Waals surface area contributed by atoms with Gasteiger partial charge in [0.05, 0.1) is 13.0 Å². The van der Waals surface area contributed by atoms with Crippen LogP contribution in [0.25, 0.3) is 11.0 Å². The molecular weight excluding hydrogens is 789 g/mol. The summed E-state index contributed by atoms with van der Waals surface area (Å²) in [6.45, 7) is 9.09. The minimum atomic E-state index is -5.19. The Labute approximate surface area is 337 Å². The first-order chi connectivity index (χ1) is 27.4. The SMILES string of the molecule is CC(=O)N[C@H](C(=O)N[C@@H](CCCC[NH3+])C(=O)N[C@@H](CC(C)C)C(=O)N[C@@H](CCC(N)=O)C(=O)Nc1ccc2c(CC(N)=O)cc(=O)oc2c1)C(C)C.O=C([O-])C(F)(F)F. The Morgan fingerprint density at radius 1 is 0.797 bits per heavy atom. The van der Waals surface area contributed by atoms with Crippen LogP contribution in [0.1, 0.15) is 78.7 Å². The van der Waals surface area contributed by atoms with Crippen molar-refractivity contribution in [3.05, 3.63) is 40.2 Å². The topological polar surface area (TPSA) is 330 Å². The van der Waals surface area contributed by atoms with E-state index in [0.717, 1.165) is 6.07 Å². The van der Waals surface area contributed by atoms with Crippen molar-refractivity contribution < 1.29 is 66.8 Å². The monoisotopic (exact) mass is 842 g/mol. The van der Waals surface area contributed by atoms with E-state index >= 15 is 0 Å². The molecule has 59 heavy (non-hydrogen) atoms. The predicted molar refractivity (Wildman–Crippen MR) is 203 cm³/mol. The number of rotatable bonds is 21. The van der Waals surface area contributed by atoms with E-state index in [4.69, 9.17) is 25.8 Å². The second kappa shape index (κ2) is 24.0. The molecule has 1 aromatic heterocycles. The summed E-state index contributed by atoms with van der Waals surface area (Å²) in [5.74, 6) is -7.77. The summed E-state index contributed by atoms with van der Waals surface area (Å²) < 4.78 is 36.8. The molecule has 2 rings (SSSR count). The Kier molecular flexibility index (Phi) is 20.7. The molecule has 0 bridgehead atoms. The average Bonchev–Trinajstić information content (AvgIpc) is 3.10. The van der Waals surface area contributed by atoms with Gasteiger partial charge in [-0.25, -0.2) is 4.79 Å².